The molecule has 2 saturated heterocycles. The van der Waals surface area contributed by atoms with Crippen molar-refractivity contribution < 1.29 is 0 Å². The molecule has 2 aliphatic rings. The number of likely N-dealkylation sites (tertiary alicyclic amines) is 2. The van der Waals surface area contributed by atoms with Gasteiger partial charge in [-0.25, -0.2) is 19.9 Å². The number of hydrogen-bond donors (Lipinski definition) is 9. The summed E-state index contributed by atoms with van der Waals surface area (Å²) in [7, 11) is 4.11. The largest absolute Gasteiger partial charge is 0.382 e. The van der Waals surface area contributed by atoms with Crippen LogP contribution in [-0.2, 0) is 19.6 Å². The van der Waals surface area contributed by atoms with Gasteiger partial charge in [0.15, 0.2) is 23.3 Å². The standard InChI is InChI=1S/C29H26N8.C28H24N8.2C26H22N8.4CH4/c1-2-9-37(10-3-1)18-19-11-22(15-31-13-19)20-6-7-25-23(12-20)28(36-35-25)29-33-26-17-32-16-24(27(26)34-29)21-5-4-8-30-14-21;1-2-9-36(8-1)17-18-10-21(14-30-12-18)19-5-6-24-22(11-19)27(35-34-24)28-32-25-16-31-15-23(26(25)33-28)20-4-3-7-29-13-20;1-34(2)15-16-8-19(12-28-10-16)17-5-6-22-20(9-17)25(33-32-22)26-30-23-14-29-13-21(24(23)31-26)18-4-3-7-27-11-18;1-15(2)30-19-8-18(11-28-12-19)16-5-6-22-20(9-16)25(34-33-22)26-31-23-14-29-13-21(24(23)32-26)17-4-3-7-27-10-17;;;;/h4-8,11-17H,1-3,9-10,18H2,(H,33,34)(H,35,36);3-7,10-16H,1-2,8-9,17H2,(H,32,33)(H,34,35);3-14H,15H2,1-2H3,(H,30,31)(H,32,33);3-15,30H,1-2H3,(H,31,32)(H,33,34);4*1H4. The highest BCUT2D eigenvalue weighted by atomic mass is 15.2. The van der Waals surface area contributed by atoms with Crippen molar-refractivity contribution in [1.82, 2.24) is 155 Å². The molecule has 0 unspecified atom stereocenters. The van der Waals surface area contributed by atoms with Crippen LogP contribution >= 0.6 is 0 Å². The molecule has 0 spiro atoms. The summed E-state index contributed by atoms with van der Waals surface area (Å²) in [6.45, 7) is 11.6. The van der Waals surface area contributed by atoms with Gasteiger partial charge in [-0.2, -0.15) is 20.4 Å². The van der Waals surface area contributed by atoms with Gasteiger partial charge in [-0.1, -0.05) is 84.7 Å². The lowest BCUT2D eigenvalue weighted by Gasteiger charge is -2.26. The van der Waals surface area contributed by atoms with Crippen molar-refractivity contribution in [3.8, 4) is 135 Å². The number of piperidine rings is 1. The van der Waals surface area contributed by atoms with Gasteiger partial charge in [0.25, 0.3) is 0 Å². The number of nitrogens with one attached hydrogen (secondary N) is 9. The maximum absolute atomic E-state index is 4.94. The van der Waals surface area contributed by atoms with Crippen molar-refractivity contribution in [3.63, 3.8) is 0 Å². The third-order valence-corrected chi connectivity index (χ3v) is 25.5. The van der Waals surface area contributed by atoms with Gasteiger partial charge in [-0.3, -0.25) is 90.0 Å². The summed E-state index contributed by atoms with van der Waals surface area (Å²) < 4.78 is 0. The molecular formula is C113H110N32. The minimum Gasteiger partial charge on any atom is -0.382 e. The summed E-state index contributed by atoms with van der Waals surface area (Å²) in [4.78, 5) is 93.0. The molecule has 0 bridgehead atoms. The molecule has 24 aromatic rings. The molecule has 0 atom stereocenters. The summed E-state index contributed by atoms with van der Waals surface area (Å²) >= 11 is 0. The van der Waals surface area contributed by atoms with E-state index in [1.54, 1.807) is 49.6 Å². The number of fused-ring (bicyclic) bond motifs is 8. The minimum absolute atomic E-state index is 0. The molecule has 32 heteroatoms. The second-order valence-electron chi connectivity index (χ2n) is 36.0. The number of imidazole rings is 4. The number of hydrogen-bond acceptors (Lipinski definition) is 24. The Morgan fingerprint density at radius 2 is 0.566 bits per heavy atom. The lowest BCUT2D eigenvalue weighted by atomic mass is 10.0. The third kappa shape index (κ3) is 20.3. The molecule has 4 aromatic carbocycles. The Kier molecular flexibility index (Phi) is 28.3. The van der Waals surface area contributed by atoms with Crippen molar-refractivity contribution in [2.45, 2.75) is 101 Å². The summed E-state index contributed by atoms with van der Waals surface area (Å²) in [5, 5.41) is 38.4. The monoisotopic (exact) mass is 1910 g/mol. The second-order valence-corrected chi connectivity index (χ2v) is 36.0. The lowest BCUT2D eigenvalue weighted by molar-refractivity contribution is 0.220. The van der Waals surface area contributed by atoms with Gasteiger partial charge >= 0.3 is 0 Å². The van der Waals surface area contributed by atoms with Crippen LogP contribution in [0.15, 0.2) is 294 Å². The first-order valence-electron chi connectivity index (χ1n) is 47.0. The summed E-state index contributed by atoms with van der Waals surface area (Å²) in [6, 6.07) is 50.0. The van der Waals surface area contributed by atoms with E-state index in [9.17, 15) is 0 Å². The van der Waals surface area contributed by atoms with Crippen LogP contribution in [0.1, 0.15) is 92.3 Å². The Labute approximate surface area is 836 Å². The Bertz CT molecular complexity index is 8360. The van der Waals surface area contributed by atoms with Crippen LogP contribution in [0.2, 0.25) is 0 Å². The van der Waals surface area contributed by atoms with Crippen LogP contribution in [0.5, 0.6) is 0 Å². The van der Waals surface area contributed by atoms with Crippen molar-refractivity contribution in [2.24, 2.45) is 0 Å². The maximum atomic E-state index is 4.94. The van der Waals surface area contributed by atoms with Gasteiger partial charge < -0.3 is 30.2 Å². The molecule has 145 heavy (non-hydrogen) atoms. The first-order valence-corrected chi connectivity index (χ1v) is 47.0. The first-order chi connectivity index (χ1) is 69.4. The van der Waals surface area contributed by atoms with E-state index >= 15 is 0 Å². The highest BCUT2D eigenvalue weighted by Crippen LogP contribution is 2.41. The Hall–Kier alpha value is -17.9. The zero-order valence-corrected chi connectivity index (χ0v) is 77.6. The molecule has 20 aromatic heterocycles. The van der Waals surface area contributed by atoms with Crippen LogP contribution < -0.4 is 5.32 Å². The SMILES string of the molecule is C.C.C.C.CC(C)Nc1cncc(-c2ccc3[nH]nc(-c4nc5c(-c6cccnc6)cncc5[nH]4)c3c2)c1.CN(C)Cc1cncc(-c2ccc3[nH]nc(-c4nc5c(-c6cccnc6)cncc5[nH]4)c3c2)c1.c1cncc(-c2cncc3[nH]c(-c4n[nH]c5ccc(-c6cncc(CN7CCCC7)c6)cc45)nc23)c1.c1cncc(-c2cncc3[nH]c(-c4n[nH]c5ccc(-c6cncc(CN7CCCCC7)c6)cc45)nc23)c1. The van der Waals surface area contributed by atoms with Gasteiger partial charge in [0.1, 0.15) is 44.8 Å². The van der Waals surface area contributed by atoms with Crippen LogP contribution in [0.4, 0.5) is 5.69 Å². The molecule has 0 amide bonds. The molecular weight excluding hydrogens is 1810 g/mol. The Morgan fingerprint density at radius 3 is 0.869 bits per heavy atom. The van der Waals surface area contributed by atoms with Crippen molar-refractivity contribution in [2.75, 3.05) is 45.6 Å². The highest BCUT2D eigenvalue weighted by Gasteiger charge is 2.25. The van der Waals surface area contributed by atoms with E-state index in [2.05, 4.69) is 253 Å². The molecule has 22 heterocycles. The fraction of sp³-hybridized carbons (Fsp3) is 0.186. The number of benzene rings is 4. The number of pyridine rings is 12. The van der Waals surface area contributed by atoms with Crippen LogP contribution in [0.3, 0.4) is 0 Å². The number of rotatable bonds is 20. The van der Waals surface area contributed by atoms with E-state index < -0.39 is 0 Å². The van der Waals surface area contributed by atoms with Gasteiger partial charge in [0.2, 0.25) is 0 Å². The van der Waals surface area contributed by atoms with Crippen LogP contribution in [-0.4, -0.2) is 201 Å². The number of nitrogens with zero attached hydrogens (tertiary/aromatic N) is 23. The molecule has 0 radical (unpaired) electrons. The molecule has 9 N–H and O–H groups in total. The van der Waals surface area contributed by atoms with Gasteiger partial charge in [-0.05, 0) is 216 Å². The fourth-order valence-corrected chi connectivity index (χ4v) is 18.8. The summed E-state index contributed by atoms with van der Waals surface area (Å²) in [5.74, 6) is 2.78. The number of H-pyrrole nitrogens is 8. The van der Waals surface area contributed by atoms with Crippen LogP contribution in [0, 0.1) is 0 Å². The molecule has 722 valence electrons. The lowest BCUT2D eigenvalue weighted by Crippen LogP contribution is -2.29. The van der Waals surface area contributed by atoms with E-state index in [-0.39, 0.29) is 29.7 Å². The summed E-state index contributed by atoms with van der Waals surface area (Å²) in [6.07, 6.45) is 50.6. The fourth-order valence-electron chi connectivity index (χ4n) is 18.8. The zero-order chi connectivity index (χ0) is 94.6. The van der Waals surface area contributed by atoms with E-state index in [0.717, 1.165) is 225 Å². The van der Waals surface area contributed by atoms with Gasteiger partial charge in [0.05, 0.1) is 74.6 Å². The maximum Gasteiger partial charge on any atom is 0.159 e. The summed E-state index contributed by atoms with van der Waals surface area (Å²) in [5.41, 5.74) is 34.6. The van der Waals surface area contributed by atoms with Crippen molar-refractivity contribution in [1.29, 1.82) is 0 Å². The normalized spacial score (nSPS) is 12.6. The molecule has 0 aliphatic carbocycles. The van der Waals surface area contributed by atoms with Crippen molar-refractivity contribution in [3.05, 3.63) is 311 Å². The number of aromatic amines is 8. The average molecular weight is 1920 g/mol. The minimum atomic E-state index is 0. The molecule has 0 saturated carbocycles. The van der Waals surface area contributed by atoms with Gasteiger partial charge in [-0.15, -0.1) is 0 Å². The predicted octanol–water partition coefficient (Wildman–Crippen LogP) is 23.5. The van der Waals surface area contributed by atoms with Crippen molar-refractivity contribution >= 4 is 93.4 Å². The zero-order valence-electron chi connectivity index (χ0n) is 77.6. The average Bonchev–Trinajstić information content (AvgIpc) is 1.62. The molecule has 26 rings (SSSR count). The molecule has 2 fully saturated rings. The number of anilines is 1. The van der Waals surface area contributed by atoms with Crippen LogP contribution in [0.25, 0.3) is 223 Å². The Morgan fingerprint density at radius 1 is 0.283 bits per heavy atom. The quantitative estimate of drug-likeness (QED) is 0.0342. The molecule has 32 nitrogen and oxygen atoms in total. The van der Waals surface area contributed by atoms with Gasteiger partial charge in [0, 0.05) is 238 Å². The van der Waals surface area contributed by atoms with E-state index in [4.69, 9.17) is 19.9 Å². The topological polar surface area (TPSA) is 406 Å². The Balaban J connectivity index is 0.000000121. The van der Waals surface area contributed by atoms with E-state index in [1.807, 2.05) is 160 Å². The number of aromatic nitrogens is 28. The van der Waals surface area contributed by atoms with E-state index in [0.29, 0.717) is 29.3 Å². The highest BCUT2D eigenvalue weighted by molar-refractivity contribution is 6.03. The predicted molar refractivity (Wildman–Crippen MR) is 578 cm³/mol. The van der Waals surface area contributed by atoms with E-state index in [1.165, 1.54) is 75.0 Å². The molecule has 2 aliphatic heterocycles. The third-order valence-electron chi connectivity index (χ3n) is 25.5. The smallest absolute Gasteiger partial charge is 0.159 e. The second kappa shape index (κ2) is 42.7. The first kappa shape index (κ1) is 96.0.